The highest BCUT2D eigenvalue weighted by atomic mass is 19.4. The van der Waals surface area contributed by atoms with Crippen molar-refractivity contribution in [2.75, 3.05) is 0 Å². The van der Waals surface area contributed by atoms with Crippen molar-refractivity contribution in [2.45, 2.75) is 19.6 Å². The Morgan fingerprint density at radius 3 is 2.62 bits per heavy atom. The zero-order chi connectivity index (χ0) is 15.6. The van der Waals surface area contributed by atoms with Crippen molar-refractivity contribution in [3.8, 4) is 0 Å². The molecule has 1 aromatic carbocycles. The summed E-state index contributed by atoms with van der Waals surface area (Å²) in [4.78, 5) is 11.8. The Morgan fingerprint density at radius 1 is 1.33 bits per heavy atom. The van der Waals surface area contributed by atoms with E-state index in [0.717, 1.165) is 6.07 Å². The Hall–Kier alpha value is -2.38. The van der Waals surface area contributed by atoms with Gasteiger partial charge in [-0.3, -0.25) is 4.79 Å². The van der Waals surface area contributed by atoms with Crippen molar-refractivity contribution in [2.24, 2.45) is 0 Å². The second-order valence-corrected chi connectivity index (χ2v) is 4.30. The monoisotopic (exact) mass is 302 g/mol. The average molecular weight is 302 g/mol. The molecule has 4 nitrogen and oxygen atoms in total. The Labute approximate surface area is 116 Å². The zero-order valence-corrected chi connectivity index (χ0v) is 10.8. The van der Waals surface area contributed by atoms with Gasteiger partial charge in [0.15, 0.2) is 0 Å². The lowest BCUT2D eigenvalue weighted by Crippen LogP contribution is -2.23. The molecule has 1 N–H and O–H groups in total. The number of carbonyl (C=O) groups excluding carboxylic acids is 1. The SMILES string of the molecule is Cc1cc(CNC(=O)c2ccc(F)c(C(F)(F)F)c2)no1. The number of aromatic nitrogens is 1. The summed E-state index contributed by atoms with van der Waals surface area (Å²) in [6.07, 6.45) is -4.86. The molecule has 2 rings (SSSR count). The van der Waals surface area contributed by atoms with E-state index in [1.54, 1.807) is 13.0 Å². The van der Waals surface area contributed by atoms with Gasteiger partial charge in [-0.05, 0) is 25.1 Å². The van der Waals surface area contributed by atoms with Crippen LogP contribution in [0.25, 0.3) is 0 Å². The molecule has 1 heterocycles. The summed E-state index contributed by atoms with van der Waals surface area (Å²) < 4.78 is 55.5. The Kier molecular flexibility index (Phi) is 3.97. The van der Waals surface area contributed by atoms with E-state index >= 15 is 0 Å². The van der Waals surface area contributed by atoms with E-state index in [4.69, 9.17) is 4.52 Å². The van der Waals surface area contributed by atoms with Crippen LogP contribution in [-0.2, 0) is 12.7 Å². The maximum Gasteiger partial charge on any atom is 0.419 e. The molecule has 0 saturated heterocycles. The van der Waals surface area contributed by atoms with Gasteiger partial charge in [-0.1, -0.05) is 5.16 Å². The summed E-state index contributed by atoms with van der Waals surface area (Å²) in [5.41, 5.74) is -1.34. The van der Waals surface area contributed by atoms with Gasteiger partial charge in [-0.25, -0.2) is 4.39 Å². The van der Waals surface area contributed by atoms with E-state index in [9.17, 15) is 22.4 Å². The number of alkyl halides is 3. The van der Waals surface area contributed by atoms with Crippen LogP contribution in [0.1, 0.15) is 27.4 Å². The Balaban J connectivity index is 2.12. The van der Waals surface area contributed by atoms with Gasteiger partial charge in [0.1, 0.15) is 17.3 Å². The van der Waals surface area contributed by atoms with Crippen LogP contribution in [0.5, 0.6) is 0 Å². The first kappa shape index (κ1) is 15.0. The van der Waals surface area contributed by atoms with Crippen molar-refractivity contribution in [1.82, 2.24) is 10.5 Å². The Bertz CT molecular complexity index is 664. The second kappa shape index (κ2) is 5.55. The summed E-state index contributed by atoms with van der Waals surface area (Å²) in [6.45, 7) is 1.66. The number of carbonyl (C=O) groups is 1. The predicted molar refractivity (Wildman–Crippen MR) is 63.8 cm³/mol. The van der Waals surface area contributed by atoms with Crippen molar-refractivity contribution in [3.63, 3.8) is 0 Å². The first-order valence-electron chi connectivity index (χ1n) is 5.84. The third kappa shape index (κ3) is 3.59. The summed E-state index contributed by atoms with van der Waals surface area (Å²) in [5.74, 6) is -1.65. The number of hydrogen-bond acceptors (Lipinski definition) is 3. The van der Waals surface area contributed by atoms with Gasteiger partial charge in [0.05, 0.1) is 12.1 Å². The molecule has 21 heavy (non-hydrogen) atoms. The van der Waals surface area contributed by atoms with E-state index < -0.39 is 23.5 Å². The van der Waals surface area contributed by atoms with E-state index in [1.807, 2.05) is 0 Å². The molecule has 0 bridgehead atoms. The van der Waals surface area contributed by atoms with E-state index in [1.165, 1.54) is 0 Å². The first-order chi connectivity index (χ1) is 9.77. The molecular formula is C13H10F4N2O2. The van der Waals surface area contributed by atoms with Gasteiger partial charge in [0.2, 0.25) is 0 Å². The number of aryl methyl sites for hydroxylation is 1. The summed E-state index contributed by atoms with van der Waals surface area (Å²) in [5, 5.41) is 6.00. The average Bonchev–Trinajstić information content (AvgIpc) is 2.81. The van der Waals surface area contributed by atoms with Crippen LogP contribution in [0.4, 0.5) is 17.6 Å². The number of benzene rings is 1. The number of rotatable bonds is 3. The first-order valence-corrected chi connectivity index (χ1v) is 5.84. The number of hydrogen-bond donors (Lipinski definition) is 1. The lowest BCUT2D eigenvalue weighted by Gasteiger charge is -2.10. The van der Waals surface area contributed by atoms with E-state index in [-0.39, 0.29) is 12.1 Å². The van der Waals surface area contributed by atoms with Crippen LogP contribution in [0, 0.1) is 12.7 Å². The maximum atomic E-state index is 13.1. The molecule has 8 heteroatoms. The van der Waals surface area contributed by atoms with Crippen molar-refractivity contribution in [3.05, 3.63) is 52.7 Å². The molecule has 0 aliphatic rings. The molecule has 0 atom stereocenters. The predicted octanol–water partition coefficient (Wildman–Crippen LogP) is 3.07. The second-order valence-electron chi connectivity index (χ2n) is 4.30. The molecule has 0 spiro atoms. The lowest BCUT2D eigenvalue weighted by molar-refractivity contribution is -0.140. The van der Waals surface area contributed by atoms with Gasteiger partial charge >= 0.3 is 6.18 Å². The fraction of sp³-hybridized carbons (Fsp3) is 0.231. The molecule has 0 saturated carbocycles. The molecule has 2 aromatic rings. The molecule has 0 aliphatic carbocycles. The molecular weight excluding hydrogens is 292 g/mol. The molecule has 0 radical (unpaired) electrons. The highest BCUT2D eigenvalue weighted by molar-refractivity contribution is 5.94. The van der Waals surface area contributed by atoms with Crippen molar-refractivity contribution in [1.29, 1.82) is 0 Å². The Morgan fingerprint density at radius 2 is 2.05 bits per heavy atom. The largest absolute Gasteiger partial charge is 0.419 e. The zero-order valence-electron chi connectivity index (χ0n) is 10.8. The van der Waals surface area contributed by atoms with Crippen molar-refractivity contribution < 1.29 is 26.9 Å². The van der Waals surface area contributed by atoms with Crippen LogP contribution in [0.3, 0.4) is 0 Å². The van der Waals surface area contributed by atoms with E-state index in [0.29, 0.717) is 23.6 Å². The highest BCUT2D eigenvalue weighted by Gasteiger charge is 2.34. The van der Waals surface area contributed by atoms with Crippen LogP contribution in [-0.4, -0.2) is 11.1 Å². The molecule has 1 amide bonds. The summed E-state index contributed by atoms with van der Waals surface area (Å²) >= 11 is 0. The quantitative estimate of drug-likeness (QED) is 0.887. The van der Waals surface area contributed by atoms with Crippen LogP contribution < -0.4 is 5.32 Å². The highest BCUT2D eigenvalue weighted by Crippen LogP contribution is 2.31. The number of nitrogens with one attached hydrogen (secondary N) is 1. The minimum atomic E-state index is -4.86. The van der Waals surface area contributed by atoms with Crippen LogP contribution in [0.2, 0.25) is 0 Å². The van der Waals surface area contributed by atoms with Gasteiger partial charge in [0, 0.05) is 11.6 Å². The summed E-state index contributed by atoms with van der Waals surface area (Å²) in [7, 11) is 0. The standard InChI is InChI=1S/C13H10F4N2O2/c1-7-4-9(19-21-7)6-18-12(20)8-2-3-11(14)10(5-8)13(15,16)17/h2-5H,6H2,1H3,(H,18,20). The number of amides is 1. The number of nitrogens with zero attached hydrogens (tertiary/aromatic N) is 1. The summed E-state index contributed by atoms with van der Waals surface area (Å²) in [6, 6.07) is 3.64. The van der Waals surface area contributed by atoms with Gasteiger partial charge in [-0.2, -0.15) is 13.2 Å². The van der Waals surface area contributed by atoms with Crippen LogP contribution >= 0.6 is 0 Å². The smallest absolute Gasteiger partial charge is 0.361 e. The van der Waals surface area contributed by atoms with E-state index in [2.05, 4.69) is 10.5 Å². The number of halogens is 4. The third-order valence-corrected chi connectivity index (χ3v) is 2.64. The fourth-order valence-corrected chi connectivity index (χ4v) is 1.66. The molecule has 0 aliphatic heterocycles. The molecule has 0 fully saturated rings. The maximum absolute atomic E-state index is 13.1. The van der Waals surface area contributed by atoms with Gasteiger partial charge < -0.3 is 9.84 Å². The van der Waals surface area contributed by atoms with Gasteiger partial charge in [0.25, 0.3) is 5.91 Å². The fourth-order valence-electron chi connectivity index (χ4n) is 1.66. The topological polar surface area (TPSA) is 55.1 Å². The van der Waals surface area contributed by atoms with Crippen molar-refractivity contribution >= 4 is 5.91 Å². The third-order valence-electron chi connectivity index (χ3n) is 2.64. The van der Waals surface area contributed by atoms with Gasteiger partial charge in [-0.15, -0.1) is 0 Å². The molecule has 112 valence electrons. The minimum Gasteiger partial charge on any atom is -0.361 e. The normalized spacial score (nSPS) is 11.5. The molecule has 1 aromatic heterocycles. The van der Waals surface area contributed by atoms with Crippen LogP contribution in [0.15, 0.2) is 28.8 Å². The molecule has 0 unspecified atom stereocenters. The lowest BCUT2D eigenvalue weighted by atomic mass is 10.1. The minimum absolute atomic E-state index is 0.00506.